The van der Waals surface area contributed by atoms with Crippen LogP contribution in [0, 0.1) is 0 Å². The molecule has 2 nitrogen and oxygen atoms in total. The lowest BCUT2D eigenvalue weighted by Gasteiger charge is -2.29. The van der Waals surface area contributed by atoms with Crippen molar-refractivity contribution in [3.05, 3.63) is 0 Å². The molecule has 1 aliphatic heterocycles. The van der Waals surface area contributed by atoms with Crippen LogP contribution in [0.1, 0.15) is 27.2 Å². The minimum Gasteiger partial charge on any atom is -0.376 e. The Balaban J connectivity index is 2.04. The van der Waals surface area contributed by atoms with Gasteiger partial charge in [0, 0.05) is 6.61 Å². The van der Waals surface area contributed by atoms with E-state index >= 15 is 0 Å². The molecule has 0 aliphatic carbocycles. The lowest BCUT2D eigenvalue weighted by molar-refractivity contribution is -0.124. The van der Waals surface area contributed by atoms with Gasteiger partial charge in [0.15, 0.2) is 0 Å². The van der Waals surface area contributed by atoms with E-state index in [2.05, 4.69) is 20.8 Å². The molecule has 1 rings (SSSR count). The smallest absolute Gasteiger partial charge is 0.0830 e. The Morgan fingerprint density at radius 3 is 2.40 bits per heavy atom. The summed E-state index contributed by atoms with van der Waals surface area (Å²) in [7, 11) is 0. The molecule has 1 saturated heterocycles. The number of hydrogen-bond acceptors (Lipinski definition) is 2. The van der Waals surface area contributed by atoms with E-state index in [0.29, 0.717) is 6.10 Å². The second kappa shape index (κ2) is 2.89. The Kier molecular flexibility index (Phi) is 2.32. The quantitative estimate of drug-likeness (QED) is 0.586. The van der Waals surface area contributed by atoms with Crippen molar-refractivity contribution in [2.75, 3.05) is 13.2 Å². The summed E-state index contributed by atoms with van der Waals surface area (Å²) in [5, 5.41) is 0. The number of ether oxygens (including phenoxy) is 2. The summed E-state index contributed by atoms with van der Waals surface area (Å²) in [5.74, 6) is 0. The molecule has 0 radical (unpaired) electrons. The van der Waals surface area contributed by atoms with Crippen LogP contribution in [-0.4, -0.2) is 24.9 Å². The van der Waals surface area contributed by atoms with Gasteiger partial charge >= 0.3 is 0 Å². The van der Waals surface area contributed by atoms with E-state index in [1.54, 1.807) is 0 Å². The van der Waals surface area contributed by atoms with Crippen LogP contribution in [0.5, 0.6) is 0 Å². The molecule has 0 N–H and O–H groups in total. The zero-order valence-electron chi connectivity index (χ0n) is 7.02. The number of rotatable bonds is 2. The van der Waals surface area contributed by atoms with Crippen LogP contribution >= 0.6 is 0 Å². The Morgan fingerprint density at radius 1 is 1.50 bits per heavy atom. The molecule has 1 atom stereocenters. The van der Waals surface area contributed by atoms with Gasteiger partial charge in [-0.1, -0.05) is 0 Å². The highest BCUT2D eigenvalue weighted by Gasteiger charge is 2.21. The Hall–Kier alpha value is -0.0800. The highest BCUT2D eigenvalue weighted by Crippen LogP contribution is 2.15. The summed E-state index contributed by atoms with van der Waals surface area (Å²) in [6, 6.07) is 0. The largest absolute Gasteiger partial charge is 0.376 e. The molecular weight excluding hydrogens is 128 g/mol. The molecule has 2 heteroatoms. The molecule has 1 unspecified atom stereocenters. The molecule has 0 bridgehead atoms. The minimum absolute atomic E-state index is 0.0149. The van der Waals surface area contributed by atoms with E-state index in [4.69, 9.17) is 9.47 Å². The second-order valence-corrected chi connectivity index (χ2v) is 3.70. The van der Waals surface area contributed by atoms with Gasteiger partial charge < -0.3 is 9.47 Å². The Bertz CT molecular complexity index is 100. The molecular formula is C8H16O2. The van der Waals surface area contributed by atoms with E-state index in [0.717, 1.165) is 19.6 Å². The van der Waals surface area contributed by atoms with E-state index in [1.807, 2.05) is 0 Å². The molecule has 60 valence electrons. The highest BCUT2D eigenvalue weighted by atomic mass is 16.6. The molecule has 1 aliphatic rings. The zero-order valence-corrected chi connectivity index (χ0v) is 7.02. The van der Waals surface area contributed by atoms with Crippen LogP contribution in [0.2, 0.25) is 0 Å². The third kappa shape index (κ3) is 2.67. The molecule has 0 saturated carbocycles. The van der Waals surface area contributed by atoms with Crippen LogP contribution in [0.25, 0.3) is 0 Å². The van der Waals surface area contributed by atoms with Crippen LogP contribution in [-0.2, 0) is 9.47 Å². The Labute approximate surface area is 62.5 Å². The Morgan fingerprint density at radius 2 is 2.10 bits per heavy atom. The van der Waals surface area contributed by atoms with Gasteiger partial charge in [-0.15, -0.1) is 0 Å². The van der Waals surface area contributed by atoms with Crippen LogP contribution in [0.15, 0.2) is 0 Å². The molecule has 0 aromatic rings. The molecule has 0 aromatic heterocycles. The predicted molar refractivity (Wildman–Crippen MR) is 40.1 cm³/mol. The third-order valence-electron chi connectivity index (χ3n) is 1.50. The van der Waals surface area contributed by atoms with Crippen molar-refractivity contribution >= 4 is 0 Å². The maximum absolute atomic E-state index is 5.51. The first-order chi connectivity index (χ1) is 4.58. The van der Waals surface area contributed by atoms with Gasteiger partial charge in [-0.3, -0.25) is 0 Å². The van der Waals surface area contributed by atoms with Crippen molar-refractivity contribution in [3.8, 4) is 0 Å². The number of hydrogen-bond donors (Lipinski definition) is 0. The monoisotopic (exact) mass is 144 g/mol. The topological polar surface area (TPSA) is 18.5 Å². The summed E-state index contributed by atoms with van der Waals surface area (Å²) in [6.07, 6.45) is 1.54. The van der Waals surface area contributed by atoms with E-state index < -0.39 is 0 Å². The van der Waals surface area contributed by atoms with Gasteiger partial charge in [0.05, 0.1) is 18.3 Å². The second-order valence-electron chi connectivity index (χ2n) is 3.70. The van der Waals surface area contributed by atoms with E-state index in [1.165, 1.54) is 0 Å². The molecule has 0 spiro atoms. The molecule has 0 aromatic carbocycles. The van der Waals surface area contributed by atoms with Crippen molar-refractivity contribution in [1.29, 1.82) is 0 Å². The third-order valence-corrected chi connectivity index (χ3v) is 1.50. The van der Waals surface area contributed by atoms with Gasteiger partial charge in [0.2, 0.25) is 0 Å². The highest BCUT2D eigenvalue weighted by molar-refractivity contribution is 4.68. The summed E-state index contributed by atoms with van der Waals surface area (Å²) in [4.78, 5) is 0. The molecule has 1 heterocycles. The fourth-order valence-electron chi connectivity index (χ4n) is 0.759. The van der Waals surface area contributed by atoms with Gasteiger partial charge in [0.25, 0.3) is 0 Å². The van der Waals surface area contributed by atoms with E-state index in [-0.39, 0.29) is 5.60 Å². The van der Waals surface area contributed by atoms with Crippen molar-refractivity contribution in [2.24, 2.45) is 0 Å². The SMILES string of the molecule is CC(C)(C)OCC1CCO1. The average molecular weight is 144 g/mol. The first kappa shape index (κ1) is 8.02. The average Bonchev–Trinajstić information content (AvgIpc) is 1.56. The summed E-state index contributed by atoms with van der Waals surface area (Å²) >= 11 is 0. The lowest BCUT2D eigenvalue weighted by Crippen LogP contribution is -2.35. The lowest BCUT2D eigenvalue weighted by atomic mass is 10.1. The van der Waals surface area contributed by atoms with Gasteiger partial charge in [-0.25, -0.2) is 0 Å². The minimum atomic E-state index is -0.0149. The van der Waals surface area contributed by atoms with Crippen molar-refractivity contribution in [1.82, 2.24) is 0 Å². The zero-order chi connectivity index (χ0) is 7.61. The fraction of sp³-hybridized carbons (Fsp3) is 1.00. The van der Waals surface area contributed by atoms with Gasteiger partial charge in [-0.05, 0) is 27.2 Å². The maximum Gasteiger partial charge on any atom is 0.0830 e. The first-order valence-corrected chi connectivity index (χ1v) is 3.83. The normalized spacial score (nSPS) is 26.1. The fourth-order valence-corrected chi connectivity index (χ4v) is 0.759. The first-order valence-electron chi connectivity index (χ1n) is 3.83. The summed E-state index contributed by atoms with van der Waals surface area (Å²) in [6.45, 7) is 7.85. The summed E-state index contributed by atoms with van der Waals surface area (Å²) in [5.41, 5.74) is -0.0149. The molecule has 0 amide bonds. The molecule has 1 fully saturated rings. The molecule has 10 heavy (non-hydrogen) atoms. The van der Waals surface area contributed by atoms with E-state index in [9.17, 15) is 0 Å². The van der Waals surface area contributed by atoms with Crippen LogP contribution in [0.4, 0.5) is 0 Å². The summed E-state index contributed by atoms with van der Waals surface area (Å²) < 4.78 is 10.7. The van der Waals surface area contributed by atoms with Crippen molar-refractivity contribution < 1.29 is 9.47 Å². The predicted octanol–water partition coefficient (Wildman–Crippen LogP) is 1.59. The van der Waals surface area contributed by atoms with Crippen molar-refractivity contribution in [3.63, 3.8) is 0 Å². The maximum atomic E-state index is 5.51. The van der Waals surface area contributed by atoms with Crippen LogP contribution < -0.4 is 0 Å². The van der Waals surface area contributed by atoms with Gasteiger partial charge in [-0.2, -0.15) is 0 Å². The van der Waals surface area contributed by atoms with Crippen molar-refractivity contribution in [2.45, 2.75) is 38.9 Å². The van der Waals surface area contributed by atoms with Crippen LogP contribution in [0.3, 0.4) is 0 Å². The van der Waals surface area contributed by atoms with Gasteiger partial charge in [0.1, 0.15) is 0 Å². The standard InChI is InChI=1S/C8H16O2/c1-8(2,3)10-6-7-4-5-9-7/h7H,4-6H2,1-3H3.